The summed E-state index contributed by atoms with van der Waals surface area (Å²) >= 11 is 0. The topological polar surface area (TPSA) is 52.6 Å². The van der Waals surface area contributed by atoms with Crippen LogP contribution < -0.4 is 0 Å². The zero-order chi connectivity index (χ0) is 11.9. The second-order valence-corrected chi connectivity index (χ2v) is 4.46. The van der Waals surface area contributed by atoms with Crippen LogP contribution in [0.1, 0.15) is 12.8 Å². The first kappa shape index (κ1) is 11.2. The highest BCUT2D eigenvalue weighted by Crippen LogP contribution is 2.55. The van der Waals surface area contributed by atoms with Crippen molar-refractivity contribution < 1.29 is 19.1 Å². The first-order valence-corrected chi connectivity index (χ1v) is 5.46. The van der Waals surface area contributed by atoms with E-state index in [2.05, 4.69) is 6.58 Å². The molecule has 2 fully saturated rings. The Kier molecular flexibility index (Phi) is 2.74. The van der Waals surface area contributed by atoms with Gasteiger partial charge in [-0.25, -0.2) is 0 Å². The molecular formula is C12H16O4. The zero-order valence-corrected chi connectivity index (χ0v) is 9.56. The molecule has 0 aromatic heterocycles. The fourth-order valence-electron chi connectivity index (χ4n) is 3.22. The van der Waals surface area contributed by atoms with E-state index in [9.17, 15) is 9.59 Å². The van der Waals surface area contributed by atoms with Crippen molar-refractivity contribution in [2.45, 2.75) is 12.8 Å². The van der Waals surface area contributed by atoms with Crippen LogP contribution in [0.5, 0.6) is 0 Å². The summed E-state index contributed by atoms with van der Waals surface area (Å²) in [4.78, 5) is 23.4. The van der Waals surface area contributed by atoms with Crippen molar-refractivity contribution in [1.82, 2.24) is 0 Å². The van der Waals surface area contributed by atoms with Crippen LogP contribution in [-0.4, -0.2) is 26.2 Å². The average Bonchev–Trinajstić information content (AvgIpc) is 2.80. The molecule has 88 valence electrons. The molecule has 0 N–H and O–H groups in total. The van der Waals surface area contributed by atoms with E-state index in [4.69, 9.17) is 9.47 Å². The highest BCUT2D eigenvalue weighted by Gasteiger charge is 2.57. The van der Waals surface area contributed by atoms with Gasteiger partial charge in [0.2, 0.25) is 0 Å². The molecule has 2 rings (SSSR count). The molecule has 0 amide bonds. The van der Waals surface area contributed by atoms with Crippen LogP contribution in [0.4, 0.5) is 0 Å². The highest BCUT2D eigenvalue weighted by molar-refractivity contribution is 5.85. The van der Waals surface area contributed by atoms with Gasteiger partial charge in [-0.2, -0.15) is 0 Å². The van der Waals surface area contributed by atoms with Crippen LogP contribution in [0.3, 0.4) is 0 Å². The van der Waals surface area contributed by atoms with E-state index in [1.54, 1.807) is 0 Å². The van der Waals surface area contributed by atoms with E-state index in [0.717, 1.165) is 18.4 Å². The van der Waals surface area contributed by atoms with E-state index in [0.29, 0.717) is 0 Å². The lowest BCUT2D eigenvalue weighted by Gasteiger charge is -2.26. The summed E-state index contributed by atoms with van der Waals surface area (Å²) in [5.41, 5.74) is 1.02. The third-order valence-corrected chi connectivity index (χ3v) is 3.94. The smallest absolute Gasteiger partial charge is 0.310 e. The summed E-state index contributed by atoms with van der Waals surface area (Å²) in [5, 5.41) is 0. The third kappa shape index (κ3) is 1.36. The summed E-state index contributed by atoms with van der Waals surface area (Å²) in [6.07, 6.45) is 1.85. The first-order chi connectivity index (χ1) is 7.61. The average molecular weight is 224 g/mol. The number of fused-ring (bicyclic) bond motifs is 2. The van der Waals surface area contributed by atoms with E-state index in [1.807, 2.05) is 0 Å². The molecule has 0 radical (unpaired) electrons. The van der Waals surface area contributed by atoms with Crippen LogP contribution >= 0.6 is 0 Å². The number of hydrogen-bond acceptors (Lipinski definition) is 4. The lowest BCUT2D eigenvalue weighted by molar-refractivity contribution is -0.160. The van der Waals surface area contributed by atoms with Crippen molar-refractivity contribution in [1.29, 1.82) is 0 Å². The number of allylic oxidation sites excluding steroid dienone is 1. The molecule has 0 unspecified atom stereocenters. The van der Waals surface area contributed by atoms with E-state index >= 15 is 0 Å². The minimum absolute atomic E-state index is 0.0987. The SMILES string of the molecule is C=C1[C@H]2CC[C@@H]1[C@H](C(=O)OC)[C@@H]2C(=O)OC. The third-order valence-electron chi connectivity index (χ3n) is 3.94. The standard InChI is InChI=1S/C12H16O4/c1-6-7-4-5-8(6)10(12(14)16-3)9(7)11(13)15-2/h7-10H,1,4-5H2,2-3H3/t7-,8+,9-,10+. The summed E-state index contributed by atoms with van der Waals surface area (Å²) in [6, 6.07) is 0. The van der Waals surface area contributed by atoms with Crippen LogP contribution in [-0.2, 0) is 19.1 Å². The van der Waals surface area contributed by atoms with E-state index < -0.39 is 0 Å². The van der Waals surface area contributed by atoms with E-state index in [1.165, 1.54) is 14.2 Å². The van der Waals surface area contributed by atoms with Crippen LogP contribution in [0, 0.1) is 23.7 Å². The minimum atomic E-state index is -0.385. The molecule has 0 spiro atoms. The van der Waals surface area contributed by atoms with Gasteiger partial charge >= 0.3 is 11.9 Å². The Morgan fingerprint density at radius 2 is 1.44 bits per heavy atom. The second kappa shape index (κ2) is 3.92. The number of ether oxygens (including phenoxy) is 2. The molecule has 2 aliphatic carbocycles. The maximum Gasteiger partial charge on any atom is 0.310 e. The number of esters is 2. The summed E-state index contributed by atoms with van der Waals surface area (Å²) in [7, 11) is 2.71. The fraction of sp³-hybridized carbons (Fsp3) is 0.667. The minimum Gasteiger partial charge on any atom is -0.469 e. The molecule has 16 heavy (non-hydrogen) atoms. The van der Waals surface area contributed by atoms with Gasteiger partial charge in [0, 0.05) is 0 Å². The molecule has 4 atom stereocenters. The largest absolute Gasteiger partial charge is 0.469 e. The number of methoxy groups -OCH3 is 2. The highest BCUT2D eigenvalue weighted by atomic mass is 16.5. The lowest BCUT2D eigenvalue weighted by Crippen LogP contribution is -2.36. The summed E-state index contributed by atoms with van der Waals surface area (Å²) < 4.78 is 9.54. The van der Waals surface area contributed by atoms with E-state index in [-0.39, 0.29) is 35.6 Å². The Balaban J connectivity index is 2.30. The Labute approximate surface area is 94.6 Å². The van der Waals surface area contributed by atoms with Gasteiger partial charge in [0.25, 0.3) is 0 Å². The molecule has 2 saturated carbocycles. The van der Waals surface area contributed by atoms with Crippen LogP contribution in [0.15, 0.2) is 12.2 Å². The van der Waals surface area contributed by atoms with Gasteiger partial charge in [-0.05, 0) is 24.7 Å². The predicted octanol–water partition coefficient (Wildman–Crippen LogP) is 1.16. The number of rotatable bonds is 2. The molecule has 0 aromatic rings. The van der Waals surface area contributed by atoms with Crippen LogP contribution in [0.25, 0.3) is 0 Å². The summed E-state index contributed by atoms with van der Waals surface area (Å²) in [6.45, 7) is 4.00. The van der Waals surface area contributed by atoms with Crippen LogP contribution in [0.2, 0.25) is 0 Å². The Bertz CT molecular complexity index is 315. The van der Waals surface area contributed by atoms with Crippen molar-refractivity contribution in [3.63, 3.8) is 0 Å². The van der Waals surface area contributed by atoms with Crippen molar-refractivity contribution in [2.24, 2.45) is 23.7 Å². The quantitative estimate of drug-likeness (QED) is 0.521. The molecule has 0 aromatic carbocycles. The molecule has 2 bridgehead atoms. The Morgan fingerprint density at radius 3 is 1.75 bits per heavy atom. The van der Waals surface area contributed by atoms with Gasteiger partial charge in [-0.15, -0.1) is 0 Å². The fourth-order valence-corrected chi connectivity index (χ4v) is 3.22. The van der Waals surface area contributed by atoms with Gasteiger partial charge < -0.3 is 9.47 Å². The normalized spacial score (nSPS) is 36.2. The predicted molar refractivity (Wildman–Crippen MR) is 56.4 cm³/mol. The van der Waals surface area contributed by atoms with Gasteiger partial charge in [0.1, 0.15) is 0 Å². The molecule has 4 heteroatoms. The van der Waals surface area contributed by atoms with Crippen molar-refractivity contribution in [3.8, 4) is 0 Å². The maximum absolute atomic E-state index is 11.7. The van der Waals surface area contributed by atoms with Crippen molar-refractivity contribution >= 4 is 11.9 Å². The monoisotopic (exact) mass is 224 g/mol. The molecule has 0 saturated heterocycles. The lowest BCUT2D eigenvalue weighted by atomic mass is 9.79. The Hall–Kier alpha value is -1.32. The zero-order valence-electron chi connectivity index (χ0n) is 9.56. The molecule has 2 aliphatic rings. The molecule has 0 aliphatic heterocycles. The number of carbonyl (C=O) groups excluding carboxylic acids is 2. The molecular weight excluding hydrogens is 208 g/mol. The number of hydrogen-bond donors (Lipinski definition) is 0. The van der Waals surface area contributed by atoms with Gasteiger partial charge in [0.15, 0.2) is 0 Å². The van der Waals surface area contributed by atoms with Gasteiger partial charge in [0.05, 0.1) is 26.1 Å². The number of carbonyl (C=O) groups is 2. The summed E-state index contributed by atoms with van der Waals surface area (Å²) in [5.74, 6) is -1.21. The van der Waals surface area contributed by atoms with Crippen molar-refractivity contribution in [3.05, 3.63) is 12.2 Å². The molecule has 4 nitrogen and oxygen atoms in total. The first-order valence-electron chi connectivity index (χ1n) is 5.46. The van der Waals surface area contributed by atoms with Gasteiger partial charge in [-0.3, -0.25) is 9.59 Å². The second-order valence-electron chi connectivity index (χ2n) is 4.46. The molecule has 0 heterocycles. The van der Waals surface area contributed by atoms with Crippen molar-refractivity contribution in [2.75, 3.05) is 14.2 Å². The maximum atomic E-state index is 11.7. The Morgan fingerprint density at radius 1 is 1.06 bits per heavy atom. The van der Waals surface area contributed by atoms with Gasteiger partial charge in [-0.1, -0.05) is 12.2 Å².